The van der Waals surface area contributed by atoms with E-state index in [4.69, 9.17) is 4.74 Å². The number of benzene rings is 1. The van der Waals surface area contributed by atoms with Gasteiger partial charge in [0.15, 0.2) is 0 Å². The van der Waals surface area contributed by atoms with Gasteiger partial charge in [-0.05, 0) is 37.6 Å². The van der Waals surface area contributed by atoms with Gasteiger partial charge >= 0.3 is 0 Å². The van der Waals surface area contributed by atoms with Crippen LogP contribution in [0.4, 0.5) is 0 Å². The van der Waals surface area contributed by atoms with Crippen molar-refractivity contribution in [3.8, 4) is 5.75 Å². The Morgan fingerprint density at radius 1 is 1.05 bits per heavy atom. The normalized spacial score (nSPS) is 12.1. The summed E-state index contributed by atoms with van der Waals surface area (Å²) in [5.41, 5.74) is 2.18. The van der Waals surface area contributed by atoms with E-state index in [-0.39, 0.29) is 6.04 Å². The van der Waals surface area contributed by atoms with Crippen LogP contribution in [0.1, 0.15) is 44.0 Å². The molecule has 1 aromatic heterocycles. The lowest BCUT2D eigenvalue weighted by atomic mass is 10.0. The minimum absolute atomic E-state index is 0.0687. The van der Waals surface area contributed by atoms with Crippen molar-refractivity contribution in [2.24, 2.45) is 0 Å². The third kappa shape index (κ3) is 4.30. The molecule has 1 N–H and O–H groups in total. The first-order chi connectivity index (χ1) is 10.4. The fourth-order valence-electron chi connectivity index (χ4n) is 2.27. The van der Waals surface area contributed by atoms with Crippen LogP contribution >= 0.6 is 0 Å². The fourth-order valence-corrected chi connectivity index (χ4v) is 2.27. The number of pyridine rings is 1. The largest absolute Gasteiger partial charge is 0.493 e. The Kier molecular flexibility index (Phi) is 6.22. The second-order valence-corrected chi connectivity index (χ2v) is 5.03. The van der Waals surface area contributed by atoms with Gasteiger partial charge in [0.05, 0.1) is 18.3 Å². The molecule has 1 atom stereocenters. The highest BCUT2D eigenvalue weighted by Crippen LogP contribution is 2.29. The van der Waals surface area contributed by atoms with E-state index in [1.165, 1.54) is 0 Å². The molecule has 0 aliphatic heterocycles. The zero-order valence-electron chi connectivity index (χ0n) is 12.9. The van der Waals surface area contributed by atoms with Gasteiger partial charge in [-0.25, -0.2) is 0 Å². The van der Waals surface area contributed by atoms with Gasteiger partial charge in [0, 0.05) is 11.8 Å². The minimum Gasteiger partial charge on any atom is -0.493 e. The van der Waals surface area contributed by atoms with E-state index in [0.717, 1.165) is 43.0 Å². The van der Waals surface area contributed by atoms with Gasteiger partial charge in [-0.15, -0.1) is 0 Å². The van der Waals surface area contributed by atoms with Crippen LogP contribution in [0.2, 0.25) is 0 Å². The highest BCUT2D eigenvalue weighted by molar-refractivity contribution is 5.40. The highest BCUT2D eigenvalue weighted by atomic mass is 16.5. The fraction of sp³-hybridized carbons (Fsp3) is 0.389. The number of nitrogens with zero attached hydrogens (tertiary/aromatic N) is 1. The molecule has 0 saturated heterocycles. The van der Waals surface area contributed by atoms with E-state index < -0.39 is 0 Å². The molecule has 0 aliphatic rings. The number of nitrogens with one attached hydrogen (secondary N) is 1. The van der Waals surface area contributed by atoms with Gasteiger partial charge in [-0.3, -0.25) is 4.98 Å². The molecular weight excluding hydrogens is 260 g/mol. The summed E-state index contributed by atoms with van der Waals surface area (Å²) in [7, 11) is 0. The summed E-state index contributed by atoms with van der Waals surface area (Å²) >= 11 is 0. The summed E-state index contributed by atoms with van der Waals surface area (Å²) in [6.07, 6.45) is 3.93. The lowest BCUT2D eigenvalue weighted by molar-refractivity contribution is 0.311. The van der Waals surface area contributed by atoms with Crippen LogP contribution in [0, 0.1) is 0 Å². The molecule has 112 valence electrons. The van der Waals surface area contributed by atoms with Crippen LogP contribution in [-0.4, -0.2) is 18.1 Å². The van der Waals surface area contributed by atoms with Crippen molar-refractivity contribution in [3.63, 3.8) is 0 Å². The molecule has 21 heavy (non-hydrogen) atoms. The molecule has 0 fully saturated rings. The van der Waals surface area contributed by atoms with Gasteiger partial charge in [0.25, 0.3) is 0 Å². The molecule has 2 aromatic rings. The van der Waals surface area contributed by atoms with Gasteiger partial charge in [-0.2, -0.15) is 0 Å². The van der Waals surface area contributed by atoms with Gasteiger partial charge < -0.3 is 10.1 Å². The third-order valence-electron chi connectivity index (χ3n) is 3.27. The Morgan fingerprint density at radius 3 is 2.57 bits per heavy atom. The molecule has 3 nitrogen and oxygen atoms in total. The number of hydrogen-bond acceptors (Lipinski definition) is 3. The Morgan fingerprint density at radius 2 is 1.86 bits per heavy atom. The number of hydrogen-bond donors (Lipinski definition) is 1. The van der Waals surface area contributed by atoms with Crippen molar-refractivity contribution in [1.82, 2.24) is 10.3 Å². The maximum absolute atomic E-state index is 5.90. The van der Waals surface area contributed by atoms with E-state index in [1.54, 1.807) is 0 Å². The molecule has 2 rings (SSSR count). The van der Waals surface area contributed by atoms with Crippen molar-refractivity contribution in [1.29, 1.82) is 0 Å². The van der Waals surface area contributed by atoms with Crippen LogP contribution in [0.15, 0.2) is 48.7 Å². The monoisotopic (exact) mass is 284 g/mol. The molecule has 3 heteroatoms. The summed E-state index contributed by atoms with van der Waals surface area (Å²) in [4.78, 5) is 4.51. The molecule has 0 bridgehead atoms. The van der Waals surface area contributed by atoms with Gasteiger partial charge in [0.1, 0.15) is 5.75 Å². The summed E-state index contributed by atoms with van der Waals surface area (Å²) in [6.45, 7) is 5.97. The second kappa shape index (κ2) is 8.42. The third-order valence-corrected chi connectivity index (χ3v) is 3.27. The molecule has 0 saturated carbocycles. The van der Waals surface area contributed by atoms with Gasteiger partial charge in [0.2, 0.25) is 0 Å². The maximum atomic E-state index is 5.90. The molecule has 0 radical (unpaired) electrons. The van der Waals surface area contributed by atoms with E-state index in [9.17, 15) is 0 Å². The standard InChI is InChI=1S/C18H24N2O/c1-3-12-20-18(16-10-7-8-13-19-16)15-9-5-6-11-17(15)21-14-4-2/h5-11,13,18,20H,3-4,12,14H2,1-2H3. The lowest BCUT2D eigenvalue weighted by Crippen LogP contribution is -2.24. The Bertz CT molecular complexity index is 528. The van der Waals surface area contributed by atoms with E-state index in [1.807, 2.05) is 30.5 Å². The van der Waals surface area contributed by atoms with Crippen LogP contribution in [0.25, 0.3) is 0 Å². The van der Waals surface area contributed by atoms with Crippen LogP contribution in [0.5, 0.6) is 5.75 Å². The lowest BCUT2D eigenvalue weighted by Gasteiger charge is -2.21. The van der Waals surface area contributed by atoms with Crippen molar-refractivity contribution in [2.45, 2.75) is 32.7 Å². The summed E-state index contributed by atoms with van der Waals surface area (Å²) in [6, 6.07) is 14.3. The first-order valence-corrected chi connectivity index (χ1v) is 7.72. The molecule has 1 heterocycles. The van der Waals surface area contributed by atoms with E-state index >= 15 is 0 Å². The van der Waals surface area contributed by atoms with Crippen LogP contribution < -0.4 is 10.1 Å². The SMILES string of the molecule is CCCNC(c1ccccn1)c1ccccc1OCCC. The van der Waals surface area contributed by atoms with Crippen molar-refractivity contribution in [2.75, 3.05) is 13.2 Å². The molecule has 0 spiro atoms. The average Bonchev–Trinajstić information content (AvgIpc) is 2.55. The number of aromatic nitrogens is 1. The first-order valence-electron chi connectivity index (χ1n) is 7.72. The minimum atomic E-state index is 0.0687. The summed E-state index contributed by atoms with van der Waals surface area (Å²) < 4.78 is 5.90. The second-order valence-electron chi connectivity index (χ2n) is 5.03. The molecular formula is C18H24N2O. The zero-order valence-corrected chi connectivity index (χ0v) is 12.9. The van der Waals surface area contributed by atoms with E-state index in [2.05, 4.69) is 42.3 Å². The molecule has 0 amide bonds. The smallest absolute Gasteiger partial charge is 0.124 e. The Hall–Kier alpha value is -1.87. The summed E-state index contributed by atoms with van der Waals surface area (Å²) in [5, 5.41) is 3.58. The molecule has 1 aromatic carbocycles. The predicted octanol–water partition coefficient (Wildman–Crippen LogP) is 3.96. The zero-order chi connectivity index (χ0) is 14.9. The first kappa shape index (κ1) is 15.5. The van der Waals surface area contributed by atoms with Crippen molar-refractivity contribution in [3.05, 3.63) is 59.9 Å². The summed E-state index contributed by atoms with van der Waals surface area (Å²) in [5.74, 6) is 0.943. The van der Waals surface area contributed by atoms with Crippen LogP contribution in [0.3, 0.4) is 0 Å². The quantitative estimate of drug-likeness (QED) is 0.796. The van der Waals surface area contributed by atoms with Crippen molar-refractivity contribution >= 4 is 0 Å². The molecule has 0 aliphatic carbocycles. The predicted molar refractivity (Wildman–Crippen MR) is 86.6 cm³/mol. The number of para-hydroxylation sites is 1. The highest BCUT2D eigenvalue weighted by Gasteiger charge is 2.18. The Balaban J connectivity index is 2.32. The number of rotatable bonds is 8. The van der Waals surface area contributed by atoms with Gasteiger partial charge in [-0.1, -0.05) is 38.1 Å². The Labute approximate surface area is 127 Å². The van der Waals surface area contributed by atoms with Crippen molar-refractivity contribution < 1.29 is 4.74 Å². The number of ether oxygens (including phenoxy) is 1. The topological polar surface area (TPSA) is 34.2 Å². The maximum Gasteiger partial charge on any atom is 0.124 e. The van der Waals surface area contributed by atoms with Crippen LogP contribution in [-0.2, 0) is 0 Å². The van der Waals surface area contributed by atoms with E-state index in [0.29, 0.717) is 0 Å². The average molecular weight is 284 g/mol. The molecule has 1 unspecified atom stereocenters.